The largest absolute Gasteiger partial charge is 0.573 e. The molecule has 4 rings (SSSR count). The van der Waals surface area contributed by atoms with Gasteiger partial charge in [-0.15, -0.1) is 13.2 Å². The van der Waals surface area contributed by atoms with Crippen molar-refractivity contribution in [1.29, 1.82) is 0 Å². The van der Waals surface area contributed by atoms with E-state index < -0.39 is 36.0 Å². The minimum absolute atomic E-state index is 0.0468. The number of amides is 1. The Morgan fingerprint density at radius 1 is 0.690 bits per heavy atom. The minimum Gasteiger partial charge on any atom is -0.480 e. The van der Waals surface area contributed by atoms with Gasteiger partial charge < -0.3 is 19.9 Å². The summed E-state index contributed by atoms with van der Waals surface area (Å²) >= 11 is 0. The second kappa shape index (κ2) is 12.2. The Hall–Kier alpha value is -5.00. The molecule has 218 valence electrons. The fourth-order valence-corrected chi connectivity index (χ4v) is 3.88. The van der Waals surface area contributed by atoms with Gasteiger partial charge in [0, 0.05) is 12.0 Å². The third-order valence-electron chi connectivity index (χ3n) is 5.95. The van der Waals surface area contributed by atoms with Crippen molar-refractivity contribution in [2.75, 3.05) is 0 Å². The molecule has 0 aliphatic rings. The molecule has 2 N–H and O–H groups in total. The Kier molecular flexibility index (Phi) is 8.74. The Balaban J connectivity index is 1.35. The first-order valence-electron chi connectivity index (χ1n) is 12.2. The van der Waals surface area contributed by atoms with E-state index >= 15 is 0 Å². The predicted molar refractivity (Wildman–Crippen MR) is 139 cm³/mol. The number of ether oxygens (including phenoxy) is 2. The summed E-state index contributed by atoms with van der Waals surface area (Å²) in [6.45, 7) is 0. The van der Waals surface area contributed by atoms with Gasteiger partial charge in [0.25, 0.3) is 5.91 Å². The number of carbonyl (C=O) groups excluding carboxylic acids is 1. The number of hydrogen-bond donors (Lipinski definition) is 2. The van der Waals surface area contributed by atoms with Crippen LogP contribution in [0.15, 0.2) is 97.1 Å². The first kappa shape index (κ1) is 30.0. The molecule has 0 spiro atoms. The SMILES string of the molecule is O=C(N[C@@H](Cc1ccc(-c2ccc(OC(F)(F)F)cc2)cc1)C(=O)O)c1ccc(Oc2ccc(C(F)(F)F)cc2)cc1. The Bertz CT molecular complexity index is 1520. The molecule has 42 heavy (non-hydrogen) atoms. The van der Waals surface area contributed by atoms with E-state index in [9.17, 15) is 41.0 Å². The maximum atomic E-state index is 12.7. The zero-order valence-corrected chi connectivity index (χ0v) is 21.4. The molecule has 0 aromatic heterocycles. The smallest absolute Gasteiger partial charge is 0.480 e. The van der Waals surface area contributed by atoms with Crippen molar-refractivity contribution < 1.29 is 50.5 Å². The van der Waals surface area contributed by atoms with Crippen molar-refractivity contribution in [2.45, 2.75) is 25.0 Å². The van der Waals surface area contributed by atoms with E-state index in [2.05, 4.69) is 10.1 Å². The summed E-state index contributed by atoms with van der Waals surface area (Å²) in [6, 6.07) is 20.3. The quantitative estimate of drug-likeness (QED) is 0.198. The number of hydrogen-bond acceptors (Lipinski definition) is 4. The van der Waals surface area contributed by atoms with E-state index in [0.717, 1.165) is 24.3 Å². The van der Waals surface area contributed by atoms with Gasteiger partial charge in [0.1, 0.15) is 23.3 Å². The maximum Gasteiger partial charge on any atom is 0.573 e. The fourth-order valence-electron chi connectivity index (χ4n) is 3.88. The van der Waals surface area contributed by atoms with Gasteiger partial charge in [-0.1, -0.05) is 36.4 Å². The molecule has 1 amide bonds. The predicted octanol–water partition coefficient (Wildman–Crippen LogP) is 7.49. The van der Waals surface area contributed by atoms with E-state index in [1.54, 1.807) is 24.3 Å². The number of carboxylic acid groups (broad SMARTS) is 1. The topological polar surface area (TPSA) is 84.9 Å². The molecule has 1 atom stereocenters. The third-order valence-corrected chi connectivity index (χ3v) is 5.95. The van der Waals surface area contributed by atoms with E-state index in [0.29, 0.717) is 16.7 Å². The maximum absolute atomic E-state index is 12.7. The third kappa shape index (κ3) is 8.26. The average Bonchev–Trinajstić information content (AvgIpc) is 2.93. The van der Waals surface area contributed by atoms with Crippen molar-refractivity contribution in [3.63, 3.8) is 0 Å². The minimum atomic E-state index is -4.80. The number of rotatable bonds is 9. The Labute approximate surface area is 235 Å². The van der Waals surface area contributed by atoms with Crippen LogP contribution in [0.5, 0.6) is 17.2 Å². The van der Waals surface area contributed by atoms with Gasteiger partial charge in [0.2, 0.25) is 0 Å². The summed E-state index contributed by atoms with van der Waals surface area (Å²) in [5.74, 6) is -1.88. The molecule has 0 unspecified atom stereocenters. The van der Waals surface area contributed by atoms with Crippen molar-refractivity contribution in [3.05, 3.63) is 114 Å². The molecule has 6 nitrogen and oxygen atoms in total. The van der Waals surface area contributed by atoms with Gasteiger partial charge in [-0.3, -0.25) is 4.79 Å². The molecule has 4 aromatic carbocycles. The number of halogens is 6. The molecule has 12 heteroatoms. The molecule has 0 bridgehead atoms. The second-order valence-electron chi connectivity index (χ2n) is 8.99. The van der Waals surface area contributed by atoms with Crippen molar-refractivity contribution >= 4 is 11.9 Å². The number of aliphatic carboxylic acids is 1. The highest BCUT2D eigenvalue weighted by atomic mass is 19.4. The van der Waals surface area contributed by atoms with Gasteiger partial charge in [-0.25, -0.2) is 4.79 Å². The highest BCUT2D eigenvalue weighted by molar-refractivity contribution is 5.96. The van der Waals surface area contributed by atoms with Crippen molar-refractivity contribution in [3.8, 4) is 28.4 Å². The molecular weight excluding hydrogens is 568 g/mol. The van der Waals surface area contributed by atoms with Gasteiger partial charge >= 0.3 is 18.5 Å². The van der Waals surface area contributed by atoms with Crippen LogP contribution in [0.1, 0.15) is 21.5 Å². The van der Waals surface area contributed by atoms with Crippen molar-refractivity contribution in [2.24, 2.45) is 0 Å². The molecule has 0 fully saturated rings. The Morgan fingerprint density at radius 3 is 1.64 bits per heavy atom. The molecular formula is C30H21F6NO5. The highest BCUT2D eigenvalue weighted by Crippen LogP contribution is 2.31. The highest BCUT2D eigenvalue weighted by Gasteiger charge is 2.31. The number of alkyl halides is 6. The van der Waals surface area contributed by atoms with E-state index in [4.69, 9.17) is 4.74 Å². The lowest BCUT2D eigenvalue weighted by molar-refractivity contribution is -0.274. The zero-order valence-electron chi connectivity index (χ0n) is 21.4. The molecule has 0 saturated heterocycles. The van der Waals surface area contributed by atoms with Crippen LogP contribution in [0.4, 0.5) is 26.3 Å². The lowest BCUT2D eigenvalue weighted by atomic mass is 10.0. The van der Waals surface area contributed by atoms with E-state index in [1.165, 1.54) is 48.5 Å². The molecule has 0 aliphatic carbocycles. The summed E-state index contributed by atoms with van der Waals surface area (Å²) in [4.78, 5) is 24.5. The van der Waals surface area contributed by atoms with Gasteiger partial charge in [-0.2, -0.15) is 13.2 Å². The van der Waals surface area contributed by atoms with Gasteiger partial charge in [-0.05, 0) is 77.4 Å². The summed E-state index contributed by atoms with van der Waals surface area (Å²) in [5.41, 5.74) is 1.19. The fraction of sp³-hybridized carbons (Fsp3) is 0.133. The molecule has 4 aromatic rings. The number of nitrogens with one attached hydrogen (secondary N) is 1. The molecule has 0 aliphatic heterocycles. The lowest BCUT2D eigenvalue weighted by Gasteiger charge is -2.15. The van der Waals surface area contributed by atoms with Crippen LogP contribution in [-0.4, -0.2) is 29.4 Å². The van der Waals surface area contributed by atoms with E-state index in [-0.39, 0.29) is 29.2 Å². The van der Waals surface area contributed by atoms with Crippen LogP contribution in [0.2, 0.25) is 0 Å². The van der Waals surface area contributed by atoms with Crippen LogP contribution in [0.25, 0.3) is 11.1 Å². The summed E-state index contributed by atoms with van der Waals surface area (Å²) in [7, 11) is 0. The number of carboxylic acids is 1. The number of benzene rings is 4. The normalized spacial score (nSPS) is 12.3. The zero-order chi connectivity index (χ0) is 30.5. The number of carbonyl (C=O) groups is 2. The van der Waals surface area contributed by atoms with E-state index in [1.807, 2.05) is 0 Å². The monoisotopic (exact) mass is 589 g/mol. The van der Waals surface area contributed by atoms with Crippen LogP contribution in [0, 0.1) is 0 Å². The van der Waals surface area contributed by atoms with Crippen LogP contribution in [0.3, 0.4) is 0 Å². The van der Waals surface area contributed by atoms with Gasteiger partial charge in [0.05, 0.1) is 5.56 Å². The average molecular weight is 589 g/mol. The first-order chi connectivity index (χ1) is 19.8. The summed E-state index contributed by atoms with van der Waals surface area (Å²) in [6.07, 6.45) is -9.32. The van der Waals surface area contributed by atoms with Crippen LogP contribution < -0.4 is 14.8 Å². The molecule has 0 heterocycles. The molecule has 0 radical (unpaired) electrons. The lowest BCUT2D eigenvalue weighted by Crippen LogP contribution is -2.42. The first-order valence-corrected chi connectivity index (χ1v) is 12.2. The van der Waals surface area contributed by atoms with Crippen LogP contribution >= 0.6 is 0 Å². The van der Waals surface area contributed by atoms with Crippen molar-refractivity contribution in [1.82, 2.24) is 5.32 Å². The standard InChI is InChI=1S/C30H21F6NO5/c31-29(32,33)22-9-15-24(16-10-22)41-23-11-7-21(8-12-23)27(38)37-26(28(39)40)17-18-1-3-19(4-2-18)20-5-13-25(14-6-20)42-30(34,35)36/h1-16,26H,17H2,(H,37,38)(H,39,40)/t26-/m0/s1. The Morgan fingerprint density at radius 2 is 1.17 bits per heavy atom. The summed E-state index contributed by atoms with van der Waals surface area (Å²) < 4.78 is 84.6. The van der Waals surface area contributed by atoms with Crippen LogP contribution in [-0.2, 0) is 17.4 Å². The molecule has 0 saturated carbocycles. The van der Waals surface area contributed by atoms with Gasteiger partial charge in [0.15, 0.2) is 0 Å². The second-order valence-corrected chi connectivity index (χ2v) is 8.99. The summed E-state index contributed by atoms with van der Waals surface area (Å²) in [5, 5.41) is 12.1.